The van der Waals surface area contributed by atoms with Crippen LogP contribution in [0.2, 0.25) is 0 Å². The molecule has 0 spiro atoms. The molecule has 1 aliphatic rings. The van der Waals surface area contributed by atoms with Crippen molar-refractivity contribution in [3.05, 3.63) is 32.8 Å². The molecule has 0 aliphatic heterocycles. The van der Waals surface area contributed by atoms with E-state index in [1.807, 2.05) is 0 Å². The van der Waals surface area contributed by atoms with Gasteiger partial charge >= 0.3 is 0 Å². The molecule has 0 bridgehead atoms. The van der Waals surface area contributed by atoms with E-state index in [-0.39, 0.29) is 5.75 Å². The highest BCUT2D eigenvalue weighted by Crippen LogP contribution is 2.35. The number of hydrogen-bond donors (Lipinski definition) is 2. The zero-order chi connectivity index (χ0) is 17.1. The van der Waals surface area contributed by atoms with Crippen LogP contribution in [0.4, 0.5) is 0 Å². The summed E-state index contributed by atoms with van der Waals surface area (Å²) in [4.78, 5) is 0. The quantitative estimate of drug-likeness (QED) is 0.580. The molecular formula is C16H19BrN4O2S. The molecule has 0 amide bonds. The van der Waals surface area contributed by atoms with Gasteiger partial charge in [0.25, 0.3) is 0 Å². The first-order valence-electron chi connectivity index (χ1n) is 7.88. The molecule has 0 unspecified atom stereocenters. The first kappa shape index (κ1) is 17.2. The van der Waals surface area contributed by atoms with Crippen molar-refractivity contribution in [1.29, 1.82) is 0 Å². The van der Waals surface area contributed by atoms with Crippen molar-refractivity contribution < 1.29 is 9.84 Å². The first-order chi connectivity index (χ1) is 11.6. The Hall–Kier alpha value is -1.67. The maximum absolute atomic E-state index is 9.88. The van der Waals surface area contributed by atoms with Crippen molar-refractivity contribution in [2.45, 2.75) is 38.0 Å². The molecule has 1 aromatic carbocycles. The third kappa shape index (κ3) is 3.54. The van der Waals surface area contributed by atoms with Crippen molar-refractivity contribution >= 4 is 34.4 Å². The molecule has 24 heavy (non-hydrogen) atoms. The van der Waals surface area contributed by atoms with Crippen LogP contribution in [-0.2, 0) is 0 Å². The predicted molar refractivity (Wildman–Crippen MR) is 98.6 cm³/mol. The fourth-order valence-electron chi connectivity index (χ4n) is 2.99. The average Bonchev–Trinajstić information content (AvgIpc) is 2.97. The minimum atomic E-state index is 0.0671. The zero-order valence-electron chi connectivity index (χ0n) is 13.3. The number of aromatic hydroxyl groups is 1. The fraction of sp³-hybridized carbons (Fsp3) is 0.438. The van der Waals surface area contributed by atoms with Crippen molar-refractivity contribution in [3.63, 3.8) is 0 Å². The molecule has 1 aliphatic carbocycles. The minimum Gasteiger partial charge on any atom is -0.503 e. The topological polar surface area (TPSA) is 75.4 Å². The van der Waals surface area contributed by atoms with Crippen molar-refractivity contribution in [3.8, 4) is 11.5 Å². The number of hydrogen-bond acceptors (Lipinski definition) is 5. The Balaban J connectivity index is 1.91. The van der Waals surface area contributed by atoms with E-state index >= 15 is 0 Å². The van der Waals surface area contributed by atoms with Crippen LogP contribution in [0.25, 0.3) is 0 Å². The van der Waals surface area contributed by atoms with Gasteiger partial charge in [-0.2, -0.15) is 14.9 Å². The summed E-state index contributed by atoms with van der Waals surface area (Å²) in [5.74, 6) is 1.73. The zero-order valence-corrected chi connectivity index (χ0v) is 15.7. The number of H-pyrrole nitrogens is 1. The lowest BCUT2D eigenvalue weighted by Gasteiger charge is -2.19. The predicted octanol–water partition coefficient (Wildman–Crippen LogP) is 4.35. The lowest BCUT2D eigenvalue weighted by Crippen LogP contribution is -2.10. The summed E-state index contributed by atoms with van der Waals surface area (Å²) in [5.41, 5.74) is 0.786. The van der Waals surface area contributed by atoms with E-state index in [4.69, 9.17) is 17.0 Å². The van der Waals surface area contributed by atoms with Crippen LogP contribution in [0.15, 0.2) is 21.7 Å². The summed E-state index contributed by atoms with van der Waals surface area (Å²) >= 11 is 8.62. The Kier molecular flexibility index (Phi) is 5.35. The number of halogens is 1. The average molecular weight is 411 g/mol. The summed E-state index contributed by atoms with van der Waals surface area (Å²) < 4.78 is 7.88. The van der Waals surface area contributed by atoms with E-state index in [9.17, 15) is 5.11 Å². The maximum Gasteiger partial charge on any atom is 0.216 e. The third-order valence-electron chi connectivity index (χ3n) is 4.24. The van der Waals surface area contributed by atoms with Crippen LogP contribution in [0.3, 0.4) is 0 Å². The molecule has 1 fully saturated rings. The van der Waals surface area contributed by atoms with Gasteiger partial charge in [-0.05, 0) is 58.7 Å². The molecule has 2 N–H and O–H groups in total. The molecule has 1 heterocycles. The fourth-order valence-corrected chi connectivity index (χ4v) is 3.63. The van der Waals surface area contributed by atoms with Gasteiger partial charge < -0.3 is 9.84 Å². The number of ether oxygens (including phenoxy) is 1. The van der Waals surface area contributed by atoms with Gasteiger partial charge in [0.1, 0.15) is 0 Å². The number of nitrogens with zero attached hydrogens (tertiary/aromatic N) is 3. The maximum atomic E-state index is 9.88. The van der Waals surface area contributed by atoms with Crippen LogP contribution in [0, 0.1) is 4.77 Å². The molecule has 0 radical (unpaired) electrons. The molecule has 2 aromatic rings. The summed E-state index contributed by atoms with van der Waals surface area (Å²) in [5, 5.41) is 21.6. The van der Waals surface area contributed by atoms with Crippen LogP contribution in [0.5, 0.6) is 11.5 Å². The van der Waals surface area contributed by atoms with Crippen LogP contribution >= 0.6 is 28.1 Å². The molecule has 8 heteroatoms. The largest absolute Gasteiger partial charge is 0.503 e. The van der Waals surface area contributed by atoms with Gasteiger partial charge in [0.2, 0.25) is 4.77 Å². The van der Waals surface area contributed by atoms with Gasteiger partial charge in [-0.25, -0.2) is 0 Å². The van der Waals surface area contributed by atoms with Crippen LogP contribution in [0.1, 0.15) is 49.4 Å². The lowest BCUT2D eigenvalue weighted by atomic mass is 9.89. The molecule has 6 nitrogen and oxygen atoms in total. The van der Waals surface area contributed by atoms with E-state index < -0.39 is 0 Å². The first-order valence-corrected chi connectivity index (χ1v) is 9.08. The summed E-state index contributed by atoms with van der Waals surface area (Å²) in [6.07, 6.45) is 7.64. The van der Waals surface area contributed by atoms with Crippen molar-refractivity contribution in [1.82, 2.24) is 14.9 Å². The molecule has 1 saturated carbocycles. The number of nitrogens with one attached hydrogen (secondary N) is 1. The van der Waals surface area contributed by atoms with Gasteiger partial charge in [0, 0.05) is 5.92 Å². The molecule has 0 atom stereocenters. The number of aromatic amines is 1. The van der Waals surface area contributed by atoms with Crippen molar-refractivity contribution in [2.75, 3.05) is 7.11 Å². The SMILES string of the molecule is COc1cc(C=Nn2c(C3CCCCC3)n[nH]c2=S)cc(Br)c1O. The molecule has 128 valence electrons. The monoisotopic (exact) mass is 410 g/mol. The molecule has 0 saturated heterocycles. The van der Waals surface area contributed by atoms with Gasteiger partial charge in [-0.1, -0.05) is 19.3 Å². The van der Waals surface area contributed by atoms with Gasteiger partial charge in [-0.15, -0.1) is 0 Å². The molecular weight excluding hydrogens is 392 g/mol. The number of methoxy groups -OCH3 is 1. The van der Waals surface area contributed by atoms with E-state index in [0.717, 1.165) is 24.2 Å². The number of rotatable bonds is 4. The summed E-state index contributed by atoms with van der Waals surface area (Å²) in [6.45, 7) is 0. The molecule has 1 aromatic heterocycles. The molecule has 3 rings (SSSR count). The summed E-state index contributed by atoms with van der Waals surface area (Å²) in [6, 6.07) is 3.49. The number of benzene rings is 1. The second-order valence-corrected chi connectivity index (χ2v) is 7.07. The Morgan fingerprint density at radius 3 is 2.88 bits per heavy atom. The highest BCUT2D eigenvalue weighted by atomic mass is 79.9. The Bertz CT molecular complexity index is 809. The Labute approximate surface area is 153 Å². The standard InChI is InChI=1S/C16H19BrN4O2S/c1-23-13-8-10(7-12(17)14(13)22)9-18-21-15(19-20-16(21)24)11-5-3-2-4-6-11/h7-9,11,22H,2-6H2,1H3,(H,20,24). The van der Waals surface area contributed by atoms with E-state index in [2.05, 4.69) is 31.2 Å². The highest BCUT2D eigenvalue weighted by molar-refractivity contribution is 9.10. The Morgan fingerprint density at radius 2 is 2.17 bits per heavy atom. The van der Waals surface area contributed by atoms with Crippen LogP contribution < -0.4 is 4.74 Å². The van der Waals surface area contributed by atoms with Gasteiger partial charge in [0.05, 0.1) is 17.8 Å². The number of phenols is 1. The van der Waals surface area contributed by atoms with Crippen LogP contribution in [-0.4, -0.2) is 33.3 Å². The number of phenolic OH excluding ortho intramolecular Hbond substituents is 1. The van der Waals surface area contributed by atoms with E-state index in [0.29, 0.717) is 20.9 Å². The second kappa shape index (κ2) is 7.48. The third-order valence-corrected chi connectivity index (χ3v) is 5.11. The normalized spacial score (nSPS) is 15.9. The van der Waals surface area contributed by atoms with Gasteiger partial charge in [0.15, 0.2) is 17.3 Å². The second-order valence-electron chi connectivity index (χ2n) is 5.83. The highest BCUT2D eigenvalue weighted by Gasteiger charge is 2.21. The van der Waals surface area contributed by atoms with Gasteiger partial charge in [-0.3, -0.25) is 5.10 Å². The van der Waals surface area contributed by atoms with E-state index in [1.165, 1.54) is 26.4 Å². The Morgan fingerprint density at radius 1 is 1.42 bits per heavy atom. The number of aromatic nitrogens is 3. The summed E-state index contributed by atoms with van der Waals surface area (Å²) in [7, 11) is 1.51. The van der Waals surface area contributed by atoms with Crippen molar-refractivity contribution in [2.24, 2.45) is 5.10 Å². The minimum absolute atomic E-state index is 0.0671. The van der Waals surface area contributed by atoms with E-state index in [1.54, 1.807) is 23.0 Å². The lowest BCUT2D eigenvalue weighted by molar-refractivity contribution is 0.372. The smallest absolute Gasteiger partial charge is 0.216 e.